The van der Waals surface area contributed by atoms with Crippen LogP contribution < -0.4 is 10.2 Å². The average Bonchev–Trinajstić information content (AvgIpc) is 2.86. The molecule has 0 atom stereocenters. The predicted octanol–water partition coefficient (Wildman–Crippen LogP) is 2.56. The summed E-state index contributed by atoms with van der Waals surface area (Å²) in [6.07, 6.45) is 3.27. The Morgan fingerprint density at radius 1 is 1.25 bits per heavy atom. The summed E-state index contributed by atoms with van der Waals surface area (Å²) in [5.41, 5.74) is 0.163. The normalized spacial score (nSPS) is 17.7. The van der Waals surface area contributed by atoms with Crippen molar-refractivity contribution in [2.45, 2.75) is 46.2 Å². The zero-order valence-corrected chi connectivity index (χ0v) is 14.1. The summed E-state index contributed by atoms with van der Waals surface area (Å²) >= 11 is 1.83. The number of hydrogen-bond donors (Lipinski definition) is 1. The number of hydrogen-bond acceptors (Lipinski definition) is 5. The Balaban J connectivity index is 1.84. The van der Waals surface area contributed by atoms with E-state index >= 15 is 0 Å². The molecule has 1 aromatic rings. The summed E-state index contributed by atoms with van der Waals surface area (Å²) in [6.45, 7) is 15.5. The quantitative estimate of drug-likeness (QED) is 0.905. The van der Waals surface area contributed by atoms with Gasteiger partial charge in [0.05, 0.1) is 0 Å². The molecule has 0 saturated carbocycles. The SMILES string of the molecule is CCCN1CCN(c2ncc(CNC(C)(C)C)s2)CC1. The highest BCUT2D eigenvalue weighted by molar-refractivity contribution is 7.15. The van der Waals surface area contributed by atoms with Crippen molar-refractivity contribution < 1.29 is 0 Å². The Labute approximate surface area is 127 Å². The number of anilines is 1. The number of nitrogens with zero attached hydrogens (tertiary/aromatic N) is 3. The van der Waals surface area contributed by atoms with Crippen LogP contribution in [0, 0.1) is 0 Å². The second kappa shape index (κ2) is 6.87. The molecule has 1 aliphatic heterocycles. The molecule has 0 bridgehead atoms. The minimum Gasteiger partial charge on any atom is -0.346 e. The highest BCUT2D eigenvalue weighted by atomic mass is 32.1. The van der Waals surface area contributed by atoms with E-state index in [1.165, 1.54) is 36.1 Å². The molecule has 1 aromatic heterocycles. The number of thiazole rings is 1. The summed E-state index contributed by atoms with van der Waals surface area (Å²) in [5, 5.41) is 4.71. The first-order valence-electron chi connectivity index (χ1n) is 7.65. The molecule has 4 nitrogen and oxygen atoms in total. The fourth-order valence-electron chi connectivity index (χ4n) is 2.36. The van der Waals surface area contributed by atoms with Crippen molar-refractivity contribution >= 4 is 16.5 Å². The van der Waals surface area contributed by atoms with E-state index in [0.29, 0.717) is 0 Å². The van der Waals surface area contributed by atoms with Gasteiger partial charge in [0.2, 0.25) is 0 Å². The van der Waals surface area contributed by atoms with Gasteiger partial charge in [0, 0.05) is 49.3 Å². The average molecular weight is 296 g/mol. The van der Waals surface area contributed by atoms with Crippen LogP contribution in [0.2, 0.25) is 0 Å². The zero-order valence-electron chi connectivity index (χ0n) is 13.3. The van der Waals surface area contributed by atoms with Gasteiger partial charge < -0.3 is 10.2 Å². The van der Waals surface area contributed by atoms with Crippen molar-refractivity contribution in [3.63, 3.8) is 0 Å². The molecule has 0 aliphatic carbocycles. The van der Waals surface area contributed by atoms with Crippen LogP contribution in [0.3, 0.4) is 0 Å². The van der Waals surface area contributed by atoms with E-state index < -0.39 is 0 Å². The molecular formula is C15H28N4S. The molecule has 0 spiro atoms. The predicted molar refractivity (Wildman–Crippen MR) is 87.7 cm³/mol. The lowest BCUT2D eigenvalue weighted by Crippen LogP contribution is -2.46. The smallest absolute Gasteiger partial charge is 0.185 e. The molecular weight excluding hydrogens is 268 g/mol. The van der Waals surface area contributed by atoms with Gasteiger partial charge in [0.25, 0.3) is 0 Å². The van der Waals surface area contributed by atoms with Gasteiger partial charge in [-0.1, -0.05) is 6.92 Å². The van der Waals surface area contributed by atoms with Crippen LogP contribution in [0.25, 0.3) is 0 Å². The van der Waals surface area contributed by atoms with Crippen LogP contribution in [-0.2, 0) is 6.54 Å². The third kappa shape index (κ3) is 4.72. The lowest BCUT2D eigenvalue weighted by Gasteiger charge is -2.34. The van der Waals surface area contributed by atoms with E-state index in [9.17, 15) is 0 Å². The molecule has 20 heavy (non-hydrogen) atoms. The van der Waals surface area contributed by atoms with Gasteiger partial charge >= 0.3 is 0 Å². The van der Waals surface area contributed by atoms with Crippen LogP contribution in [0.1, 0.15) is 39.0 Å². The fraction of sp³-hybridized carbons (Fsp3) is 0.800. The van der Waals surface area contributed by atoms with Crippen LogP contribution in [0.15, 0.2) is 6.20 Å². The van der Waals surface area contributed by atoms with Crippen molar-refractivity contribution in [3.8, 4) is 0 Å². The third-order valence-electron chi connectivity index (χ3n) is 3.52. The molecule has 0 aromatic carbocycles. The van der Waals surface area contributed by atoms with E-state index in [1.807, 2.05) is 17.5 Å². The Kier molecular flexibility index (Phi) is 5.41. The molecule has 1 saturated heterocycles. The van der Waals surface area contributed by atoms with E-state index in [-0.39, 0.29) is 5.54 Å². The van der Waals surface area contributed by atoms with Crippen molar-refractivity contribution in [2.24, 2.45) is 0 Å². The second-order valence-electron chi connectivity index (χ2n) is 6.54. The Hall–Kier alpha value is -0.650. The van der Waals surface area contributed by atoms with Gasteiger partial charge in [-0.05, 0) is 33.7 Å². The summed E-state index contributed by atoms with van der Waals surface area (Å²) < 4.78 is 0. The van der Waals surface area contributed by atoms with Gasteiger partial charge in [-0.3, -0.25) is 4.90 Å². The maximum atomic E-state index is 4.60. The topological polar surface area (TPSA) is 31.4 Å². The largest absolute Gasteiger partial charge is 0.346 e. The standard InChI is InChI=1S/C15H28N4S/c1-5-6-18-7-9-19(10-8-18)14-16-11-13(20-14)12-17-15(2,3)4/h11,17H,5-10,12H2,1-4H3. The molecule has 1 N–H and O–H groups in total. The molecule has 2 heterocycles. The molecule has 0 unspecified atom stereocenters. The van der Waals surface area contributed by atoms with E-state index in [1.54, 1.807) is 0 Å². The molecule has 0 radical (unpaired) electrons. The maximum absolute atomic E-state index is 4.60. The molecule has 5 heteroatoms. The molecule has 0 amide bonds. The highest BCUT2D eigenvalue weighted by Gasteiger charge is 2.19. The first kappa shape index (κ1) is 15.7. The van der Waals surface area contributed by atoms with Crippen molar-refractivity contribution in [3.05, 3.63) is 11.1 Å². The van der Waals surface area contributed by atoms with Gasteiger partial charge in [-0.25, -0.2) is 4.98 Å². The fourth-order valence-corrected chi connectivity index (χ4v) is 3.26. The van der Waals surface area contributed by atoms with Crippen LogP contribution in [0.5, 0.6) is 0 Å². The van der Waals surface area contributed by atoms with E-state index in [2.05, 4.69) is 47.8 Å². The number of nitrogens with one attached hydrogen (secondary N) is 1. The van der Waals surface area contributed by atoms with Crippen LogP contribution in [0.4, 0.5) is 5.13 Å². The third-order valence-corrected chi connectivity index (χ3v) is 4.58. The minimum atomic E-state index is 0.163. The first-order chi connectivity index (χ1) is 9.48. The van der Waals surface area contributed by atoms with Crippen molar-refractivity contribution in [1.82, 2.24) is 15.2 Å². The lowest BCUT2D eigenvalue weighted by atomic mass is 10.1. The Morgan fingerprint density at radius 2 is 1.95 bits per heavy atom. The summed E-state index contributed by atoms with van der Waals surface area (Å²) in [4.78, 5) is 10.9. The summed E-state index contributed by atoms with van der Waals surface area (Å²) in [7, 11) is 0. The zero-order chi connectivity index (χ0) is 14.6. The molecule has 1 fully saturated rings. The van der Waals surface area contributed by atoms with Gasteiger partial charge in [-0.15, -0.1) is 11.3 Å². The number of piperazine rings is 1. The number of aromatic nitrogens is 1. The highest BCUT2D eigenvalue weighted by Crippen LogP contribution is 2.24. The van der Waals surface area contributed by atoms with Crippen LogP contribution in [-0.4, -0.2) is 48.1 Å². The Morgan fingerprint density at radius 3 is 2.55 bits per heavy atom. The lowest BCUT2D eigenvalue weighted by molar-refractivity contribution is 0.258. The molecule has 1 aliphatic rings. The van der Waals surface area contributed by atoms with Gasteiger partial charge in [0.15, 0.2) is 5.13 Å². The van der Waals surface area contributed by atoms with E-state index in [0.717, 1.165) is 19.6 Å². The van der Waals surface area contributed by atoms with Crippen molar-refractivity contribution in [1.29, 1.82) is 0 Å². The van der Waals surface area contributed by atoms with Crippen LogP contribution >= 0.6 is 11.3 Å². The van der Waals surface area contributed by atoms with Gasteiger partial charge in [-0.2, -0.15) is 0 Å². The second-order valence-corrected chi connectivity index (χ2v) is 7.64. The van der Waals surface area contributed by atoms with Crippen molar-refractivity contribution in [2.75, 3.05) is 37.6 Å². The maximum Gasteiger partial charge on any atom is 0.185 e. The minimum absolute atomic E-state index is 0.163. The van der Waals surface area contributed by atoms with E-state index in [4.69, 9.17) is 0 Å². The Bertz CT molecular complexity index is 402. The first-order valence-corrected chi connectivity index (χ1v) is 8.46. The molecule has 2 rings (SSSR count). The monoisotopic (exact) mass is 296 g/mol. The molecule has 114 valence electrons. The summed E-state index contributed by atoms with van der Waals surface area (Å²) in [5.74, 6) is 0. The summed E-state index contributed by atoms with van der Waals surface area (Å²) in [6, 6.07) is 0. The number of rotatable bonds is 5. The van der Waals surface area contributed by atoms with Gasteiger partial charge in [0.1, 0.15) is 0 Å².